The molecular formula is C24H23ClN2O3. The molecule has 30 heavy (non-hydrogen) atoms. The molecular weight excluding hydrogens is 400 g/mol. The second-order valence-corrected chi connectivity index (χ2v) is 9.02. The highest BCUT2D eigenvalue weighted by Gasteiger charge is 2.42. The highest BCUT2D eigenvalue weighted by molar-refractivity contribution is 6.30. The normalized spacial score (nSPS) is 20.5. The van der Waals surface area contributed by atoms with Crippen LogP contribution in [0.5, 0.6) is 5.75 Å². The van der Waals surface area contributed by atoms with Crippen molar-refractivity contribution < 1.29 is 13.9 Å². The van der Waals surface area contributed by atoms with Crippen LogP contribution in [0, 0.1) is 16.7 Å². The van der Waals surface area contributed by atoms with Crippen LogP contribution in [0.15, 0.2) is 57.3 Å². The summed E-state index contributed by atoms with van der Waals surface area (Å²) in [7, 11) is 1.59. The van der Waals surface area contributed by atoms with Gasteiger partial charge in [0, 0.05) is 28.4 Å². The Morgan fingerprint density at radius 2 is 2.03 bits per heavy atom. The number of rotatable bonds is 3. The smallest absolute Gasteiger partial charge is 0.162 e. The van der Waals surface area contributed by atoms with Gasteiger partial charge in [0.1, 0.15) is 17.3 Å². The molecule has 1 aliphatic carbocycles. The fourth-order valence-electron chi connectivity index (χ4n) is 4.39. The van der Waals surface area contributed by atoms with Crippen molar-refractivity contribution in [2.75, 3.05) is 7.11 Å². The number of hydrogen-bond acceptors (Lipinski definition) is 5. The summed E-state index contributed by atoms with van der Waals surface area (Å²) in [4.78, 5) is 13.1. The maximum Gasteiger partial charge on any atom is 0.162 e. The van der Waals surface area contributed by atoms with Crippen LogP contribution in [0.25, 0.3) is 11.3 Å². The summed E-state index contributed by atoms with van der Waals surface area (Å²) in [5, 5.41) is 13.7. The molecule has 2 aromatic rings. The number of ketones is 1. The number of methoxy groups -OCH3 is 1. The molecule has 1 aromatic carbocycles. The Labute approximate surface area is 181 Å². The van der Waals surface area contributed by atoms with Crippen LogP contribution in [0.1, 0.15) is 45.3 Å². The quantitative estimate of drug-likeness (QED) is 0.682. The zero-order valence-electron chi connectivity index (χ0n) is 17.4. The van der Waals surface area contributed by atoms with Crippen molar-refractivity contribution in [3.05, 3.63) is 63.7 Å². The van der Waals surface area contributed by atoms with Gasteiger partial charge in [-0.05, 0) is 49.1 Å². The predicted molar refractivity (Wildman–Crippen MR) is 115 cm³/mol. The number of hydrogen-bond donors (Lipinski definition) is 1. The van der Waals surface area contributed by atoms with Gasteiger partial charge < -0.3 is 14.5 Å². The number of carbonyl (C=O) groups is 1. The van der Waals surface area contributed by atoms with E-state index in [-0.39, 0.29) is 11.2 Å². The van der Waals surface area contributed by atoms with Crippen molar-refractivity contribution in [3.63, 3.8) is 0 Å². The van der Waals surface area contributed by atoms with Gasteiger partial charge in [-0.1, -0.05) is 25.4 Å². The van der Waals surface area contributed by atoms with Crippen molar-refractivity contribution >= 4 is 17.4 Å². The molecule has 4 rings (SSSR count). The number of carbonyl (C=O) groups excluding carboxylic acids is 1. The van der Waals surface area contributed by atoms with Crippen LogP contribution in [0.3, 0.4) is 0 Å². The van der Waals surface area contributed by atoms with Gasteiger partial charge >= 0.3 is 0 Å². The molecule has 2 heterocycles. The van der Waals surface area contributed by atoms with E-state index in [0.29, 0.717) is 39.9 Å². The summed E-state index contributed by atoms with van der Waals surface area (Å²) in [6.07, 6.45) is 1.19. The zero-order chi connectivity index (χ0) is 21.6. The average Bonchev–Trinajstić information content (AvgIpc) is 3.15. The molecule has 0 saturated heterocycles. The summed E-state index contributed by atoms with van der Waals surface area (Å²) < 4.78 is 11.6. The molecule has 1 N–H and O–H groups in total. The van der Waals surface area contributed by atoms with E-state index in [1.165, 1.54) is 0 Å². The molecule has 0 spiro atoms. The van der Waals surface area contributed by atoms with Gasteiger partial charge in [0.15, 0.2) is 5.78 Å². The zero-order valence-corrected chi connectivity index (χ0v) is 18.2. The van der Waals surface area contributed by atoms with Crippen molar-refractivity contribution in [1.29, 1.82) is 5.26 Å². The lowest BCUT2D eigenvalue weighted by molar-refractivity contribution is -0.118. The van der Waals surface area contributed by atoms with Crippen LogP contribution in [-0.2, 0) is 4.79 Å². The molecule has 2 aliphatic rings. The number of nitrogens with one attached hydrogen (secondary N) is 1. The van der Waals surface area contributed by atoms with Crippen molar-refractivity contribution in [2.45, 2.75) is 39.5 Å². The van der Waals surface area contributed by atoms with Crippen molar-refractivity contribution in [3.8, 4) is 23.1 Å². The van der Waals surface area contributed by atoms with Gasteiger partial charge in [-0.25, -0.2) is 0 Å². The van der Waals surface area contributed by atoms with E-state index in [0.717, 1.165) is 23.4 Å². The number of nitrogens with zero attached hydrogens (tertiary/aromatic N) is 1. The summed E-state index contributed by atoms with van der Waals surface area (Å²) in [5.41, 5.74) is 3.37. The van der Waals surface area contributed by atoms with E-state index in [4.69, 9.17) is 20.8 Å². The van der Waals surface area contributed by atoms with Gasteiger partial charge in [-0.15, -0.1) is 0 Å². The number of nitriles is 1. The van der Waals surface area contributed by atoms with Gasteiger partial charge in [0.25, 0.3) is 0 Å². The van der Waals surface area contributed by atoms with Crippen molar-refractivity contribution in [1.82, 2.24) is 5.32 Å². The highest BCUT2D eigenvalue weighted by atomic mass is 35.5. The molecule has 154 valence electrons. The molecule has 6 heteroatoms. The minimum absolute atomic E-state index is 0.0530. The first-order valence-corrected chi connectivity index (χ1v) is 10.2. The Kier molecular flexibility index (Phi) is 4.99. The van der Waals surface area contributed by atoms with Crippen LogP contribution in [-0.4, -0.2) is 12.9 Å². The number of Topliss-reactive ketones (excluding diaryl/α,β-unsaturated/α-hetero) is 1. The molecule has 0 bridgehead atoms. The fraction of sp³-hybridized carbons (Fsp3) is 0.333. The fourth-order valence-corrected chi connectivity index (χ4v) is 4.57. The molecule has 0 fully saturated rings. The third-order valence-corrected chi connectivity index (χ3v) is 5.93. The number of benzene rings is 1. The van der Waals surface area contributed by atoms with Crippen LogP contribution < -0.4 is 10.1 Å². The molecule has 1 atom stereocenters. The minimum Gasteiger partial charge on any atom is -0.496 e. The Balaban J connectivity index is 1.84. The predicted octanol–water partition coefficient (Wildman–Crippen LogP) is 5.74. The van der Waals surface area contributed by atoms with E-state index in [1.54, 1.807) is 25.3 Å². The third kappa shape index (κ3) is 3.42. The second kappa shape index (κ2) is 7.37. The van der Waals surface area contributed by atoms with E-state index in [1.807, 2.05) is 19.1 Å². The molecule has 5 nitrogen and oxygen atoms in total. The molecule has 0 radical (unpaired) electrons. The number of furan rings is 1. The van der Waals surface area contributed by atoms with Crippen LogP contribution in [0.2, 0.25) is 5.02 Å². The van der Waals surface area contributed by atoms with Gasteiger partial charge in [-0.2, -0.15) is 5.26 Å². The lowest BCUT2D eigenvalue weighted by atomic mass is 9.70. The SMILES string of the molecule is COc1ccc(Cl)cc1-c1ccc([C@@H]2C(C#N)=C(C)NC3=C2C(=O)CC(C)(C)C3)o1. The van der Waals surface area contributed by atoms with Crippen molar-refractivity contribution in [2.24, 2.45) is 5.41 Å². The van der Waals surface area contributed by atoms with E-state index >= 15 is 0 Å². The topological polar surface area (TPSA) is 75.3 Å². The Morgan fingerprint density at radius 1 is 1.27 bits per heavy atom. The largest absolute Gasteiger partial charge is 0.496 e. The first-order chi connectivity index (χ1) is 14.2. The maximum absolute atomic E-state index is 13.1. The summed E-state index contributed by atoms with van der Waals surface area (Å²) in [5.74, 6) is 1.30. The highest BCUT2D eigenvalue weighted by Crippen LogP contribution is 2.47. The van der Waals surface area contributed by atoms with Gasteiger partial charge in [0.2, 0.25) is 0 Å². The van der Waals surface area contributed by atoms with Crippen LogP contribution in [0.4, 0.5) is 0 Å². The molecule has 0 amide bonds. The lowest BCUT2D eigenvalue weighted by Gasteiger charge is -2.38. The number of ether oxygens (including phenoxy) is 1. The van der Waals surface area contributed by atoms with Gasteiger partial charge in [0.05, 0.1) is 30.2 Å². The summed E-state index contributed by atoms with van der Waals surface area (Å²) in [6, 6.07) is 11.2. The first-order valence-electron chi connectivity index (χ1n) is 9.82. The number of halogens is 1. The van der Waals surface area contributed by atoms with Gasteiger partial charge in [-0.3, -0.25) is 4.79 Å². The molecule has 0 unspecified atom stereocenters. The Morgan fingerprint density at radius 3 is 2.73 bits per heavy atom. The molecule has 1 aromatic heterocycles. The number of allylic oxidation sites excluding steroid dienone is 4. The second-order valence-electron chi connectivity index (χ2n) is 8.59. The minimum atomic E-state index is -0.520. The van der Waals surface area contributed by atoms with E-state index in [9.17, 15) is 10.1 Å². The van der Waals surface area contributed by atoms with E-state index < -0.39 is 5.92 Å². The molecule has 1 aliphatic heterocycles. The third-order valence-electron chi connectivity index (χ3n) is 5.70. The average molecular weight is 423 g/mol. The number of dihydropyridines is 1. The Bertz CT molecular complexity index is 1150. The first kappa shape index (κ1) is 20.3. The lowest BCUT2D eigenvalue weighted by Crippen LogP contribution is -2.36. The maximum atomic E-state index is 13.1. The monoisotopic (exact) mass is 422 g/mol. The molecule has 0 saturated carbocycles. The summed E-state index contributed by atoms with van der Waals surface area (Å²) in [6.45, 7) is 6.03. The van der Waals surface area contributed by atoms with Crippen LogP contribution >= 0.6 is 11.6 Å². The standard InChI is InChI=1S/C24H23ClN2O3/c1-13-16(12-26)22(23-17(27-13)10-24(2,3)11-18(23)28)21-8-7-20(30-21)15-9-14(25)5-6-19(15)29-4/h5-9,22,27H,10-11H2,1-4H3/t22-/m0/s1. The summed E-state index contributed by atoms with van der Waals surface area (Å²) >= 11 is 6.17. The van der Waals surface area contributed by atoms with E-state index in [2.05, 4.69) is 25.2 Å². The Hall–Kier alpha value is -2.97.